The molecule has 6 nitrogen and oxygen atoms in total. The van der Waals surface area contributed by atoms with Gasteiger partial charge in [-0.25, -0.2) is 4.79 Å². The molecule has 0 bridgehead atoms. The monoisotopic (exact) mass is 336 g/mol. The first-order valence-electron chi connectivity index (χ1n) is 7.61. The summed E-state index contributed by atoms with van der Waals surface area (Å²) in [5.41, 5.74) is 1.67. The van der Waals surface area contributed by atoms with Gasteiger partial charge in [0.05, 0.1) is 16.8 Å². The van der Waals surface area contributed by atoms with Crippen LogP contribution in [0.25, 0.3) is 10.6 Å². The molecule has 2 heterocycles. The average Bonchev–Trinajstić information content (AvgIpc) is 3.11. The van der Waals surface area contributed by atoms with Crippen molar-refractivity contribution in [3.05, 3.63) is 29.3 Å². The zero-order valence-electron chi connectivity index (χ0n) is 14.0. The zero-order chi connectivity index (χ0) is 16.9. The Morgan fingerprint density at radius 1 is 1.48 bits per heavy atom. The smallest absolute Gasteiger partial charge is 0.407 e. The minimum atomic E-state index is -0.479. The Morgan fingerprint density at radius 3 is 2.91 bits per heavy atom. The highest BCUT2D eigenvalue weighted by Crippen LogP contribution is 2.25. The molecule has 2 aromatic heterocycles. The highest BCUT2D eigenvalue weighted by Gasteiger charge is 2.16. The van der Waals surface area contributed by atoms with Crippen LogP contribution in [0.1, 0.15) is 33.3 Å². The molecule has 23 heavy (non-hydrogen) atoms. The topological polar surface area (TPSA) is 79.0 Å². The fourth-order valence-corrected chi connectivity index (χ4v) is 2.74. The number of amides is 1. The third-order valence-electron chi connectivity index (χ3n) is 3.08. The number of nitrogens with one attached hydrogen (secondary N) is 3. The van der Waals surface area contributed by atoms with Crippen LogP contribution in [-0.2, 0) is 11.3 Å². The van der Waals surface area contributed by atoms with E-state index in [9.17, 15) is 4.79 Å². The largest absolute Gasteiger partial charge is 0.444 e. The van der Waals surface area contributed by atoms with Gasteiger partial charge in [-0.05, 0) is 39.1 Å². The first-order chi connectivity index (χ1) is 10.8. The molecular formula is C16H24N4O2S. The molecule has 1 unspecified atom stereocenters. The van der Waals surface area contributed by atoms with Crippen molar-refractivity contribution in [2.45, 2.75) is 45.9 Å². The quantitative estimate of drug-likeness (QED) is 0.757. The van der Waals surface area contributed by atoms with Crippen molar-refractivity contribution in [3.8, 4) is 10.6 Å². The third-order valence-corrected chi connectivity index (χ3v) is 3.97. The molecule has 1 amide bonds. The highest BCUT2D eigenvalue weighted by atomic mass is 32.1. The Hall–Kier alpha value is -1.86. The first kappa shape index (κ1) is 17.5. The van der Waals surface area contributed by atoms with Crippen molar-refractivity contribution in [1.82, 2.24) is 20.8 Å². The summed E-state index contributed by atoms with van der Waals surface area (Å²) in [4.78, 5) is 12.8. The second kappa shape index (κ2) is 7.61. The summed E-state index contributed by atoms with van der Waals surface area (Å²) in [6.45, 7) is 8.74. The molecule has 2 rings (SSSR count). The number of rotatable bonds is 6. The van der Waals surface area contributed by atoms with E-state index in [1.807, 2.05) is 45.3 Å². The van der Waals surface area contributed by atoms with Gasteiger partial charge in [-0.1, -0.05) is 6.07 Å². The fraction of sp³-hybridized carbons (Fsp3) is 0.500. The molecule has 0 aromatic carbocycles. The van der Waals surface area contributed by atoms with Gasteiger partial charge in [0.1, 0.15) is 5.60 Å². The summed E-state index contributed by atoms with van der Waals surface area (Å²) in [6, 6.07) is 4.20. The van der Waals surface area contributed by atoms with Crippen LogP contribution in [0.3, 0.4) is 0 Å². The lowest BCUT2D eigenvalue weighted by molar-refractivity contribution is 0.0523. The maximum atomic E-state index is 11.6. The van der Waals surface area contributed by atoms with Gasteiger partial charge in [-0.15, -0.1) is 11.3 Å². The van der Waals surface area contributed by atoms with E-state index in [1.54, 1.807) is 11.3 Å². The molecule has 0 radical (unpaired) electrons. The minimum Gasteiger partial charge on any atom is -0.444 e. The lowest BCUT2D eigenvalue weighted by Crippen LogP contribution is -2.41. The molecular weight excluding hydrogens is 312 g/mol. The lowest BCUT2D eigenvalue weighted by atomic mass is 10.2. The summed E-state index contributed by atoms with van der Waals surface area (Å²) < 4.78 is 5.22. The molecule has 3 N–H and O–H groups in total. The molecule has 0 saturated heterocycles. The van der Waals surface area contributed by atoms with Crippen LogP contribution in [0, 0.1) is 0 Å². The normalized spacial score (nSPS) is 12.9. The number of hydrogen-bond acceptors (Lipinski definition) is 5. The van der Waals surface area contributed by atoms with Gasteiger partial charge in [-0.2, -0.15) is 5.10 Å². The van der Waals surface area contributed by atoms with E-state index >= 15 is 0 Å². The molecule has 0 aliphatic heterocycles. The van der Waals surface area contributed by atoms with Gasteiger partial charge in [0.15, 0.2) is 0 Å². The van der Waals surface area contributed by atoms with Crippen LogP contribution >= 0.6 is 11.3 Å². The van der Waals surface area contributed by atoms with Crippen LogP contribution < -0.4 is 10.6 Å². The summed E-state index contributed by atoms with van der Waals surface area (Å²) in [5, 5.41) is 15.3. The zero-order valence-corrected chi connectivity index (χ0v) is 14.8. The van der Waals surface area contributed by atoms with E-state index in [1.165, 1.54) is 4.88 Å². The first-order valence-corrected chi connectivity index (χ1v) is 8.49. The fourth-order valence-electron chi connectivity index (χ4n) is 1.99. The Bertz CT molecular complexity index is 616. The Kier molecular flexibility index (Phi) is 5.79. The number of alkyl carbamates (subject to hydrolysis) is 1. The van der Waals surface area contributed by atoms with Crippen molar-refractivity contribution < 1.29 is 9.53 Å². The number of ether oxygens (including phenoxy) is 1. The van der Waals surface area contributed by atoms with Crippen LogP contribution in [0.2, 0.25) is 0 Å². The molecule has 0 fully saturated rings. The number of thiophene rings is 1. The number of aromatic amines is 1. The predicted octanol–water partition coefficient (Wildman–Crippen LogP) is 3.14. The van der Waals surface area contributed by atoms with Crippen LogP contribution in [0.15, 0.2) is 23.7 Å². The second-order valence-electron chi connectivity index (χ2n) is 6.41. The van der Waals surface area contributed by atoms with Crippen LogP contribution in [0.4, 0.5) is 4.79 Å². The van der Waals surface area contributed by atoms with Crippen molar-refractivity contribution >= 4 is 17.4 Å². The van der Waals surface area contributed by atoms with Gasteiger partial charge >= 0.3 is 6.09 Å². The van der Waals surface area contributed by atoms with Gasteiger partial charge < -0.3 is 15.4 Å². The molecule has 0 spiro atoms. The molecule has 0 aliphatic rings. The van der Waals surface area contributed by atoms with Crippen molar-refractivity contribution in [1.29, 1.82) is 0 Å². The van der Waals surface area contributed by atoms with E-state index < -0.39 is 11.7 Å². The van der Waals surface area contributed by atoms with E-state index in [0.29, 0.717) is 13.1 Å². The second-order valence-corrected chi connectivity index (χ2v) is 7.36. The maximum Gasteiger partial charge on any atom is 0.407 e. The Morgan fingerprint density at radius 2 is 2.26 bits per heavy atom. The summed E-state index contributed by atoms with van der Waals surface area (Å²) >= 11 is 1.68. The van der Waals surface area contributed by atoms with E-state index in [-0.39, 0.29) is 6.04 Å². The van der Waals surface area contributed by atoms with Crippen molar-refractivity contribution in [3.63, 3.8) is 0 Å². The van der Waals surface area contributed by atoms with Crippen molar-refractivity contribution in [2.24, 2.45) is 0 Å². The number of H-pyrrole nitrogens is 1. The van der Waals surface area contributed by atoms with E-state index in [4.69, 9.17) is 4.74 Å². The van der Waals surface area contributed by atoms with Crippen LogP contribution in [-0.4, -0.2) is 34.5 Å². The number of aromatic nitrogens is 2. The molecule has 2 aromatic rings. The number of hydrogen-bond donors (Lipinski definition) is 3. The summed E-state index contributed by atoms with van der Waals surface area (Å²) in [6.07, 6.45) is 1.43. The molecule has 126 valence electrons. The van der Waals surface area contributed by atoms with Gasteiger partial charge in [-0.3, -0.25) is 5.10 Å². The lowest BCUT2D eigenvalue weighted by Gasteiger charge is -2.21. The van der Waals surface area contributed by atoms with Crippen molar-refractivity contribution in [2.75, 3.05) is 6.54 Å². The van der Waals surface area contributed by atoms with Gasteiger partial charge in [0, 0.05) is 24.7 Å². The summed E-state index contributed by atoms with van der Waals surface area (Å²) in [7, 11) is 0. The SMILES string of the molecule is CC(CNC(=O)OC(C)(C)C)NCc1cn[nH]c1-c1cccs1. The number of nitrogens with zero attached hydrogens (tertiary/aromatic N) is 1. The van der Waals surface area contributed by atoms with Gasteiger partial charge in [0.25, 0.3) is 0 Å². The summed E-state index contributed by atoms with van der Waals surface area (Å²) in [5.74, 6) is 0. The standard InChI is InChI=1S/C16H24N4O2S/c1-11(8-18-15(21)22-16(2,3)4)17-9-12-10-19-20-14(12)13-6-5-7-23-13/h5-7,10-11,17H,8-9H2,1-4H3,(H,18,21)(H,19,20). The van der Waals surface area contributed by atoms with Crippen LogP contribution in [0.5, 0.6) is 0 Å². The Labute approximate surface area is 140 Å². The maximum absolute atomic E-state index is 11.6. The average molecular weight is 336 g/mol. The van der Waals surface area contributed by atoms with E-state index in [2.05, 4.69) is 26.9 Å². The minimum absolute atomic E-state index is 0.119. The highest BCUT2D eigenvalue weighted by molar-refractivity contribution is 7.13. The third kappa shape index (κ3) is 5.69. The number of carbonyl (C=O) groups is 1. The molecule has 0 aliphatic carbocycles. The number of carbonyl (C=O) groups excluding carboxylic acids is 1. The van der Waals surface area contributed by atoms with Gasteiger partial charge in [0.2, 0.25) is 0 Å². The molecule has 7 heteroatoms. The molecule has 1 atom stereocenters. The molecule has 0 saturated carbocycles. The van der Waals surface area contributed by atoms with E-state index in [0.717, 1.165) is 11.3 Å². The predicted molar refractivity (Wildman–Crippen MR) is 92.4 cm³/mol. The Balaban J connectivity index is 1.78.